The number of carbonyl (C=O) groups is 2. The molecule has 1 saturated heterocycles. The zero-order valence-electron chi connectivity index (χ0n) is 11.0. The molecule has 1 aliphatic heterocycles. The van der Waals surface area contributed by atoms with Gasteiger partial charge in [0.05, 0.1) is 15.5 Å². The van der Waals surface area contributed by atoms with E-state index >= 15 is 0 Å². The van der Waals surface area contributed by atoms with Crippen LogP contribution in [0, 0.1) is 10.1 Å². The Bertz CT molecular complexity index is 590. The molecule has 1 atom stereocenters. The summed E-state index contributed by atoms with van der Waals surface area (Å²) in [5.74, 6) is -1.20. The van der Waals surface area contributed by atoms with Crippen LogP contribution in [0.25, 0.3) is 0 Å². The van der Waals surface area contributed by atoms with Crippen LogP contribution in [-0.2, 0) is 9.53 Å². The summed E-state index contributed by atoms with van der Waals surface area (Å²) in [7, 11) is 0. The van der Waals surface area contributed by atoms with Crippen LogP contribution in [0.1, 0.15) is 29.6 Å². The normalized spacial score (nSPS) is 18.5. The minimum atomic E-state index is -0.893. The number of non-ortho nitro benzene ring substituents is 1. The van der Waals surface area contributed by atoms with Crippen molar-refractivity contribution in [2.24, 2.45) is 0 Å². The largest absolute Gasteiger partial charge is 0.449 e. The molecule has 0 aliphatic carbocycles. The van der Waals surface area contributed by atoms with Gasteiger partial charge in [-0.2, -0.15) is 0 Å². The van der Waals surface area contributed by atoms with E-state index in [1.165, 1.54) is 12.1 Å². The van der Waals surface area contributed by atoms with Gasteiger partial charge in [-0.05, 0) is 25.3 Å². The van der Waals surface area contributed by atoms with E-state index in [-0.39, 0.29) is 22.2 Å². The van der Waals surface area contributed by atoms with E-state index in [9.17, 15) is 19.7 Å². The SMILES string of the molecule is O=C(O[C@H]1CCCCNC1=O)c1cc([N+](=O)[O-])ccc1Cl. The fourth-order valence-electron chi connectivity index (χ4n) is 2.00. The van der Waals surface area contributed by atoms with Crippen LogP contribution in [0.3, 0.4) is 0 Å². The van der Waals surface area contributed by atoms with Gasteiger partial charge in [-0.15, -0.1) is 0 Å². The van der Waals surface area contributed by atoms with Crippen LogP contribution in [0.15, 0.2) is 18.2 Å². The van der Waals surface area contributed by atoms with Gasteiger partial charge in [-0.3, -0.25) is 14.9 Å². The molecule has 1 heterocycles. The van der Waals surface area contributed by atoms with E-state index in [2.05, 4.69) is 5.32 Å². The summed E-state index contributed by atoms with van der Waals surface area (Å²) in [6, 6.07) is 3.49. The first-order valence-electron chi connectivity index (χ1n) is 6.41. The molecule has 21 heavy (non-hydrogen) atoms. The van der Waals surface area contributed by atoms with E-state index in [0.29, 0.717) is 13.0 Å². The summed E-state index contributed by atoms with van der Waals surface area (Å²) in [5.41, 5.74) is -0.389. The van der Waals surface area contributed by atoms with Crippen LogP contribution >= 0.6 is 11.6 Å². The lowest BCUT2D eigenvalue weighted by atomic mass is 10.1. The molecule has 1 aromatic rings. The molecule has 1 N–H and O–H groups in total. The summed E-state index contributed by atoms with van der Waals surface area (Å²) >= 11 is 5.86. The third kappa shape index (κ3) is 3.69. The lowest BCUT2D eigenvalue weighted by Crippen LogP contribution is -2.36. The number of benzene rings is 1. The Hall–Kier alpha value is -2.15. The van der Waals surface area contributed by atoms with Gasteiger partial charge in [0, 0.05) is 18.7 Å². The summed E-state index contributed by atoms with van der Waals surface area (Å²) in [4.78, 5) is 33.9. The Kier molecular flexibility index (Phi) is 4.74. The highest BCUT2D eigenvalue weighted by Gasteiger charge is 2.26. The van der Waals surface area contributed by atoms with Gasteiger partial charge in [0.1, 0.15) is 0 Å². The molecule has 0 saturated carbocycles. The maximum atomic E-state index is 12.1. The first kappa shape index (κ1) is 15.2. The van der Waals surface area contributed by atoms with Crippen LogP contribution in [-0.4, -0.2) is 29.4 Å². The molecule has 0 radical (unpaired) electrons. The summed E-state index contributed by atoms with van der Waals surface area (Å²) in [6.07, 6.45) is 1.09. The standard InChI is InChI=1S/C13H13ClN2O5/c14-10-5-4-8(16(19)20)7-9(10)13(18)21-11-3-1-2-6-15-12(11)17/h4-5,7,11H,1-3,6H2,(H,15,17)/t11-/m0/s1. The predicted octanol–water partition coefficient (Wildman–Crippen LogP) is 2.07. The number of nitrogens with zero attached hydrogens (tertiary/aromatic N) is 1. The van der Waals surface area contributed by atoms with Gasteiger partial charge >= 0.3 is 5.97 Å². The molecule has 7 nitrogen and oxygen atoms in total. The number of nitrogens with one attached hydrogen (secondary N) is 1. The first-order chi connectivity index (χ1) is 9.99. The number of hydrogen-bond donors (Lipinski definition) is 1. The summed E-state index contributed by atoms with van der Waals surface area (Å²) in [6.45, 7) is 0.546. The summed E-state index contributed by atoms with van der Waals surface area (Å²) < 4.78 is 5.13. The van der Waals surface area contributed by atoms with Gasteiger partial charge in [-0.25, -0.2) is 4.79 Å². The van der Waals surface area contributed by atoms with Crippen molar-refractivity contribution in [3.8, 4) is 0 Å². The molecule has 1 fully saturated rings. The number of halogens is 1. The fourth-order valence-corrected chi connectivity index (χ4v) is 2.19. The second-order valence-electron chi connectivity index (χ2n) is 4.60. The highest BCUT2D eigenvalue weighted by atomic mass is 35.5. The van der Waals surface area contributed by atoms with Crippen molar-refractivity contribution in [1.29, 1.82) is 0 Å². The molecule has 1 amide bonds. The number of amides is 1. The van der Waals surface area contributed by atoms with E-state index in [1.807, 2.05) is 0 Å². The monoisotopic (exact) mass is 312 g/mol. The van der Waals surface area contributed by atoms with E-state index in [0.717, 1.165) is 18.9 Å². The quantitative estimate of drug-likeness (QED) is 0.523. The van der Waals surface area contributed by atoms with Crippen molar-refractivity contribution < 1.29 is 19.2 Å². The van der Waals surface area contributed by atoms with Crippen molar-refractivity contribution in [1.82, 2.24) is 5.32 Å². The number of esters is 1. The first-order valence-corrected chi connectivity index (χ1v) is 6.79. The topological polar surface area (TPSA) is 98.5 Å². The van der Waals surface area contributed by atoms with Crippen LogP contribution < -0.4 is 5.32 Å². The molecule has 2 rings (SSSR count). The van der Waals surface area contributed by atoms with Crippen molar-refractivity contribution >= 4 is 29.2 Å². The predicted molar refractivity (Wildman–Crippen MR) is 74.2 cm³/mol. The average Bonchev–Trinajstić information content (AvgIpc) is 2.64. The van der Waals surface area contributed by atoms with Crippen LogP contribution in [0.5, 0.6) is 0 Å². The van der Waals surface area contributed by atoms with Crippen molar-refractivity contribution in [2.75, 3.05) is 6.54 Å². The Labute approximate surface area is 125 Å². The number of hydrogen-bond acceptors (Lipinski definition) is 5. The zero-order chi connectivity index (χ0) is 15.4. The molecular weight excluding hydrogens is 300 g/mol. The minimum absolute atomic E-state index is 0.0413. The molecular formula is C13H13ClN2O5. The number of nitro groups is 1. The molecule has 0 aromatic heterocycles. The molecule has 8 heteroatoms. The highest BCUT2D eigenvalue weighted by Crippen LogP contribution is 2.23. The lowest BCUT2D eigenvalue weighted by molar-refractivity contribution is -0.384. The van der Waals surface area contributed by atoms with E-state index in [1.54, 1.807) is 0 Å². The highest BCUT2D eigenvalue weighted by molar-refractivity contribution is 6.33. The third-order valence-corrected chi connectivity index (χ3v) is 3.44. The summed E-state index contributed by atoms with van der Waals surface area (Å²) in [5, 5.41) is 13.4. The number of rotatable bonds is 3. The number of nitro benzene ring substituents is 1. The Morgan fingerprint density at radius 1 is 1.43 bits per heavy atom. The smallest absolute Gasteiger partial charge is 0.340 e. The van der Waals surface area contributed by atoms with Gasteiger partial charge in [0.25, 0.3) is 11.6 Å². The third-order valence-electron chi connectivity index (χ3n) is 3.11. The van der Waals surface area contributed by atoms with Gasteiger partial charge in [-0.1, -0.05) is 11.6 Å². The lowest BCUT2D eigenvalue weighted by Gasteiger charge is -2.14. The Morgan fingerprint density at radius 2 is 2.19 bits per heavy atom. The van der Waals surface area contributed by atoms with Gasteiger partial charge in [0.15, 0.2) is 6.10 Å². The molecule has 1 aromatic carbocycles. The Balaban J connectivity index is 2.17. The van der Waals surface area contributed by atoms with Crippen molar-refractivity contribution in [2.45, 2.75) is 25.4 Å². The van der Waals surface area contributed by atoms with Crippen LogP contribution in [0.2, 0.25) is 5.02 Å². The second kappa shape index (κ2) is 6.53. The van der Waals surface area contributed by atoms with Crippen molar-refractivity contribution in [3.05, 3.63) is 38.9 Å². The maximum absolute atomic E-state index is 12.1. The number of carbonyl (C=O) groups excluding carboxylic acids is 2. The van der Waals surface area contributed by atoms with Crippen LogP contribution in [0.4, 0.5) is 5.69 Å². The van der Waals surface area contributed by atoms with Gasteiger partial charge in [0.2, 0.25) is 0 Å². The second-order valence-corrected chi connectivity index (χ2v) is 5.01. The number of ether oxygens (including phenoxy) is 1. The average molecular weight is 313 g/mol. The Morgan fingerprint density at radius 3 is 2.90 bits per heavy atom. The fraction of sp³-hybridized carbons (Fsp3) is 0.385. The molecule has 0 bridgehead atoms. The molecule has 112 valence electrons. The minimum Gasteiger partial charge on any atom is -0.449 e. The zero-order valence-corrected chi connectivity index (χ0v) is 11.8. The van der Waals surface area contributed by atoms with Crippen molar-refractivity contribution in [3.63, 3.8) is 0 Å². The van der Waals surface area contributed by atoms with Gasteiger partial charge < -0.3 is 10.1 Å². The molecule has 0 unspecified atom stereocenters. The molecule has 1 aliphatic rings. The molecule has 0 spiro atoms. The van der Waals surface area contributed by atoms with E-state index in [4.69, 9.17) is 16.3 Å². The maximum Gasteiger partial charge on any atom is 0.340 e. The van der Waals surface area contributed by atoms with E-state index < -0.39 is 17.0 Å².